The molecule has 0 saturated heterocycles. The molecule has 1 amide bonds. The highest BCUT2D eigenvalue weighted by Crippen LogP contribution is 2.29. The molecular formula is C22H21N3O3S. The molecule has 2 aromatic carbocycles. The van der Waals surface area contributed by atoms with Gasteiger partial charge in [0.1, 0.15) is 0 Å². The average molecular weight is 407 g/mol. The van der Waals surface area contributed by atoms with Crippen LogP contribution in [-0.2, 0) is 0 Å². The first-order chi connectivity index (χ1) is 14.1. The Balaban J connectivity index is 1.57. The van der Waals surface area contributed by atoms with E-state index in [1.807, 2.05) is 54.8 Å². The maximum absolute atomic E-state index is 13.0. The Hall–Kier alpha value is -3.19. The van der Waals surface area contributed by atoms with E-state index in [1.54, 1.807) is 25.6 Å². The van der Waals surface area contributed by atoms with Crippen molar-refractivity contribution in [1.29, 1.82) is 0 Å². The van der Waals surface area contributed by atoms with E-state index in [2.05, 4.69) is 10.1 Å². The molecular weight excluding hydrogens is 386 g/mol. The highest BCUT2D eigenvalue weighted by molar-refractivity contribution is 7.09. The zero-order valence-corrected chi connectivity index (χ0v) is 17.3. The van der Waals surface area contributed by atoms with Crippen molar-refractivity contribution in [3.63, 3.8) is 0 Å². The third-order valence-corrected chi connectivity index (χ3v) is 5.55. The number of rotatable bonds is 5. The van der Waals surface area contributed by atoms with Gasteiger partial charge in [-0.2, -0.15) is 5.10 Å². The Bertz CT molecular complexity index is 1090. The molecule has 4 rings (SSSR count). The highest BCUT2D eigenvalue weighted by atomic mass is 32.1. The fourth-order valence-electron chi connectivity index (χ4n) is 3.28. The normalized spacial score (nSPS) is 13.3. The summed E-state index contributed by atoms with van der Waals surface area (Å²) in [5.74, 6) is 1.19. The summed E-state index contributed by atoms with van der Waals surface area (Å²) in [6, 6.07) is 13.2. The van der Waals surface area contributed by atoms with E-state index >= 15 is 0 Å². The molecule has 148 valence electrons. The Kier molecular flexibility index (Phi) is 5.31. The summed E-state index contributed by atoms with van der Waals surface area (Å²) < 4.78 is 10.7. The standard InChI is InChI=1S/C22H21N3O3S/c1-14-23-19(13-29-14)15-5-4-6-17(11-15)22(26)25-10-9-18(24-25)16-7-8-20(27-2)21(12-16)28-3/h4-8,11-13H,9-10H2,1-3H3. The molecule has 29 heavy (non-hydrogen) atoms. The van der Waals surface area contributed by atoms with Gasteiger partial charge in [0, 0.05) is 28.5 Å². The molecule has 0 bridgehead atoms. The molecule has 2 heterocycles. The second-order valence-electron chi connectivity index (χ2n) is 6.63. The molecule has 0 atom stereocenters. The fourth-order valence-corrected chi connectivity index (χ4v) is 3.90. The van der Waals surface area contributed by atoms with Crippen molar-refractivity contribution in [2.24, 2.45) is 5.10 Å². The van der Waals surface area contributed by atoms with Gasteiger partial charge in [-0.1, -0.05) is 12.1 Å². The average Bonchev–Trinajstić information content (AvgIpc) is 3.42. The van der Waals surface area contributed by atoms with Gasteiger partial charge in [0.15, 0.2) is 11.5 Å². The first-order valence-electron chi connectivity index (χ1n) is 9.23. The van der Waals surface area contributed by atoms with Gasteiger partial charge in [-0.3, -0.25) is 4.79 Å². The fraction of sp³-hybridized carbons (Fsp3) is 0.227. The van der Waals surface area contributed by atoms with E-state index in [1.165, 1.54) is 5.01 Å². The number of hydrogen-bond acceptors (Lipinski definition) is 6. The quantitative estimate of drug-likeness (QED) is 0.629. The summed E-state index contributed by atoms with van der Waals surface area (Å²) in [4.78, 5) is 17.5. The lowest BCUT2D eigenvalue weighted by Gasteiger charge is -2.12. The number of carbonyl (C=O) groups excluding carboxylic acids is 1. The first kappa shape index (κ1) is 19.1. The summed E-state index contributed by atoms with van der Waals surface area (Å²) in [6.07, 6.45) is 0.687. The molecule has 0 fully saturated rings. The summed E-state index contributed by atoms with van der Waals surface area (Å²) in [7, 11) is 3.21. The monoisotopic (exact) mass is 407 g/mol. The number of aryl methyl sites for hydroxylation is 1. The summed E-state index contributed by atoms with van der Waals surface area (Å²) in [5, 5.41) is 9.09. The van der Waals surface area contributed by atoms with Crippen molar-refractivity contribution in [2.45, 2.75) is 13.3 Å². The van der Waals surface area contributed by atoms with Crippen molar-refractivity contribution >= 4 is 23.0 Å². The maximum atomic E-state index is 13.0. The Morgan fingerprint density at radius 2 is 1.90 bits per heavy atom. The van der Waals surface area contributed by atoms with Crippen LogP contribution in [0.2, 0.25) is 0 Å². The van der Waals surface area contributed by atoms with Gasteiger partial charge in [0.25, 0.3) is 5.91 Å². The van der Waals surface area contributed by atoms with Crippen LogP contribution in [0.1, 0.15) is 27.3 Å². The van der Waals surface area contributed by atoms with Gasteiger partial charge in [-0.05, 0) is 37.3 Å². The van der Waals surface area contributed by atoms with Crippen LogP contribution in [0.4, 0.5) is 0 Å². The Morgan fingerprint density at radius 1 is 1.07 bits per heavy atom. The number of hydrogen-bond donors (Lipinski definition) is 0. The Morgan fingerprint density at radius 3 is 2.62 bits per heavy atom. The van der Waals surface area contributed by atoms with Crippen LogP contribution in [0.3, 0.4) is 0 Å². The zero-order valence-electron chi connectivity index (χ0n) is 16.5. The minimum atomic E-state index is -0.116. The van der Waals surface area contributed by atoms with Crippen LogP contribution in [0.5, 0.6) is 11.5 Å². The smallest absolute Gasteiger partial charge is 0.273 e. The van der Waals surface area contributed by atoms with Gasteiger partial charge in [0.2, 0.25) is 0 Å². The van der Waals surface area contributed by atoms with Crippen LogP contribution in [0, 0.1) is 6.92 Å². The second-order valence-corrected chi connectivity index (χ2v) is 7.69. The van der Waals surface area contributed by atoms with Gasteiger partial charge >= 0.3 is 0 Å². The maximum Gasteiger partial charge on any atom is 0.273 e. The van der Waals surface area contributed by atoms with Crippen LogP contribution < -0.4 is 9.47 Å². The molecule has 0 unspecified atom stereocenters. The minimum absolute atomic E-state index is 0.116. The van der Waals surface area contributed by atoms with E-state index in [4.69, 9.17) is 9.47 Å². The van der Waals surface area contributed by atoms with E-state index in [-0.39, 0.29) is 5.91 Å². The second kappa shape index (κ2) is 8.05. The lowest BCUT2D eigenvalue weighted by molar-refractivity contribution is 0.0778. The summed E-state index contributed by atoms with van der Waals surface area (Å²) >= 11 is 1.59. The zero-order chi connectivity index (χ0) is 20.4. The number of amides is 1. The molecule has 6 nitrogen and oxygen atoms in total. The van der Waals surface area contributed by atoms with E-state index in [0.29, 0.717) is 30.0 Å². The molecule has 7 heteroatoms. The Labute approximate surface area is 173 Å². The molecule has 1 aliphatic rings. The molecule has 0 radical (unpaired) electrons. The van der Waals surface area contributed by atoms with Crippen molar-refractivity contribution in [3.8, 4) is 22.8 Å². The van der Waals surface area contributed by atoms with Crippen molar-refractivity contribution in [1.82, 2.24) is 9.99 Å². The number of benzene rings is 2. The van der Waals surface area contributed by atoms with Gasteiger partial charge in [0.05, 0.1) is 37.2 Å². The number of aromatic nitrogens is 1. The molecule has 1 aromatic heterocycles. The van der Waals surface area contributed by atoms with Crippen molar-refractivity contribution in [3.05, 3.63) is 64.0 Å². The first-order valence-corrected chi connectivity index (χ1v) is 10.1. The van der Waals surface area contributed by atoms with E-state index in [9.17, 15) is 4.79 Å². The van der Waals surface area contributed by atoms with Crippen LogP contribution >= 0.6 is 11.3 Å². The highest BCUT2D eigenvalue weighted by Gasteiger charge is 2.23. The lowest BCUT2D eigenvalue weighted by atomic mass is 10.1. The van der Waals surface area contributed by atoms with Crippen LogP contribution in [0.25, 0.3) is 11.3 Å². The molecule has 0 saturated carbocycles. The molecule has 0 spiro atoms. The number of thiazole rings is 1. The third-order valence-electron chi connectivity index (χ3n) is 4.78. The summed E-state index contributed by atoms with van der Waals surface area (Å²) in [6.45, 7) is 2.51. The molecule has 3 aromatic rings. The predicted molar refractivity (Wildman–Crippen MR) is 114 cm³/mol. The number of ether oxygens (including phenoxy) is 2. The van der Waals surface area contributed by atoms with Crippen LogP contribution in [0.15, 0.2) is 52.9 Å². The van der Waals surface area contributed by atoms with E-state index in [0.717, 1.165) is 27.5 Å². The van der Waals surface area contributed by atoms with Crippen molar-refractivity contribution < 1.29 is 14.3 Å². The van der Waals surface area contributed by atoms with Gasteiger partial charge in [-0.25, -0.2) is 9.99 Å². The lowest BCUT2D eigenvalue weighted by Crippen LogP contribution is -2.23. The molecule has 0 N–H and O–H groups in total. The predicted octanol–water partition coefficient (Wildman–Crippen LogP) is 4.39. The van der Waals surface area contributed by atoms with Gasteiger partial charge in [-0.15, -0.1) is 11.3 Å². The van der Waals surface area contributed by atoms with Crippen LogP contribution in [-0.4, -0.2) is 42.4 Å². The number of hydrazone groups is 1. The van der Waals surface area contributed by atoms with Crippen molar-refractivity contribution in [2.75, 3.05) is 20.8 Å². The van der Waals surface area contributed by atoms with E-state index < -0.39 is 0 Å². The number of carbonyl (C=O) groups is 1. The largest absolute Gasteiger partial charge is 0.493 e. The SMILES string of the molecule is COc1ccc(C2=NN(C(=O)c3cccc(-c4csc(C)n4)c3)CC2)cc1OC. The third kappa shape index (κ3) is 3.86. The number of methoxy groups -OCH3 is 2. The summed E-state index contributed by atoms with van der Waals surface area (Å²) in [5.41, 5.74) is 4.20. The molecule has 0 aliphatic carbocycles. The van der Waals surface area contributed by atoms with Gasteiger partial charge < -0.3 is 9.47 Å². The molecule has 1 aliphatic heterocycles. The number of nitrogens with zero attached hydrogens (tertiary/aromatic N) is 3. The topological polar surface area (TPSA) is 64.0 Å². The minimum Gasteiger partial charge on any atom is -0.493 e.